The molecule has 0 bridgehead atoms. The Bertz CT molecular complexity index is 1460. The van der Waals surface area contributed by atoms with Gasteiger partial charge in [-0.25, -0.2) is 12.8 Å². The van der Waals surface area contributed by atoms with Crippen LogP contribution in [0.3, 0.4) is 0 Å². The number of halogens is 2. The summed E-state index contributed by atoms with van der Waals surface area (Å²) >= 11 is 6.34. The summed E-state index contributed by atoms with van der Waals surface area (Å²) in [6.45, 7) is 7.03. The second-order valence-electron chi connectivity index (χ2n) is 10.1. The summed E-state index contributed by atoms with van der Waals surface area (Å²) in [4.78, 5) is 28.2. The van der Waals surface area contributed by atoms with E-state index in [9.17, 15) is 22.4 Å². The molecule has 220 valence electrons. The van der Waals surface area contributed by atoms with Crippen molar-refractivity contribution in [1.82, 2.24) is 10.2 Å². The van der Waals surface area contributed by atoms with Crippen LogP contribution in [0.5, 0.6) is 5.75 Å². The van der Waals surface area contributed by atoms with Gasteiger partial charge in [0.1, 0.15) is 24.2 Å². The fourth-order valence-electron chi connectivity index (χ4n) is 4.00. The highest BCUT2D eigenvalue weighted by Gasteiger charge is 2.33. The van der Waals surface area contributed by atoms with Gasteiger partial charge >= 0.3 is 0 Å². The molecule has 1 atom stereocenters. The molecule has 0 aromatic heterocycles. The molecule has 0 saturated heterocycles. The molecule has 0 saturated carbocycles. The molecule has 0 fully saturated rings. The van der Waals surface area contributed by atoms with Gasteiger partial charge in [0, 0.05) is 13.1 Å². The average Bonchev–Trinajstić information content (AvgIpc) is 2.93. The van der Waals surface area contributed by atoms with Crippen molar-refractivity contribution in [3.05, 3.63) is 88.7 Å². The third-order valence-corrected chi connectivity index (χ3v) is 8.51. The average molecular weight is 604 g/mol. The minimum Gasteiger partial charge on any atom is -0.495 e. The molecule has 0 spiro atoms. The van der Waals surface area contributed by atoms with Crippen molar-refractivity contribution in [1.29, 1.82) is 0 Å². The highest BCUT2D eigenvalue weighted by atomic mass is 35.5. The van der Waals surface area contributed by atoms with E-state index in [1.54, 1.807) is 19.1 Å². The van der Waals surface area contributed by atoms with E-state index in [4.69, 9.17) is 16.3 Å². The van der Waals surface area contributed by atoms with Gasteiger partial charge in [-0.3, -0.25) is 13.9 Å². The second-order valence-corrected chi connectivity index (χ2v) is 12.4. The molecule has 2 amide bonds. The first-order chi connectivity index (χ1) is 19.3. The fraction of sp³-hybridized carbons (Fsp3) is 0.333. The predicted octanol–water partition coefficient (Wildman–Crippen LogP) is 5.18. The van der Waals surface area contributed by atoms with Crippen LogP contribution in [0, 0.1) is 18.7 Å². The van der Waals surface area contributed by atoms with Crippen molar-refractivity contribution < 1.29 is 27.1 Å². The standard InChI is InChI=1S/C30H35ClFN3O5S/c1-20(2)17-33-30(37)22(4)34(18-23-8-10-24(32)11-9-23)29(36)19-35(25-12-15-28(40-5)27(31)16-25)41(38,39)26-13-6-21(3)7-14-26/h6-16,20,22H,17-19H2,1-5H3,(H,33,37)/t22-/m0/s1. The number of aryl methyl sites for hydroxylation is 1. The molecule has 3 aromatic rings. The maximum atomic E-state index is 13.9. The van der Waals surface area contributed by atoms with E-state index in [0.717, 1.165) is 9.87 Å². The number of anilines is 1. The number of methoxy groups -OCH3 is 1. The molecular weight excluding hydrogens is 569 g/mol. The summed E-state index contributed by atoms with van der Waals surface area (Å²) in [5, 5.41) is 2.98. The van der Waals surface area contributed by atoms with Gasteiger partial charge in [-0.15, -0.1) is 0 Å². The van der Waals surface area contributed by atoms with Gasteiger partial charge in [-0.2, -0.15) is 0 Å². The fourth-order valence-corrected chi connectivity index (χ4v) is 5.66. The Hall–Kier alpha value is -3.63. The number of ether oxygens (including phenoxy) is 1. The highest BCUT2D eigenvalue weighted by molar-refractivity contribution is 7.92. The summed E-state index contributed by atoms with van der Waals surface area (Å²) < 4.78 is 47.5. The molecule has 8 nitrogen and oxygen atoms in total. The Morgan fingerprint density at radius 2 is 1.63 bits per heavy atom. The zero-order valence-electron chi connectivity index (χ0n) is 23.7. The van der Waals surface area contributed by atoms with E-state index in [-0.39, 0.29) is 28.1 Å². The van der Waals surface area contributed by atoms with Crippen molar-refractivity contribution in [3.63, 3.8) is 0 Å². The van der Waals surface area contributed by atoms with Crippen LogP contribution in [0.4, 0.5) is 10.1 Å². The summed E-state index contributed by atoms with van der Waals surface area (Å²) in [5.74, 6) is -0.954. The van der Waals surface area contributed by atoms with Gasteiger partial charge in [-0.1, -0.05) is 55.3 Å². The van der Waals surface area contributed by atoms with Crippen molar-refractivity contribution in [3.8, 4) is 5.75 Å². The number of nitrogens with zero attached hydrogens (tertiary/aromatic N) is 2. The Balaban J connectivity index is 2.04. The van der Waals surface area contributed by atoms with E-state index < -0.39 is 40.2 Å². The van der Waals surface area contributed by atoms with Gasteiger partial charge in [0.05, 0.1) is 22.7 Å². The molecule has 11 heteroatoms. The number of sulfonamides is 1. The van der Waals surface area contributed by atoms with Gasteiger partial charge in [0.15, 0.2) is 0 Å². The molecule has 0 unspecified atom stereocenters. The highest BCUT2D eigenvalue weighted by Crippen LogP contribution is 2.32. The molecule has 0 aliphatic rings. The number of benzene rings is 3. The quantitative estimate of drug-likeness (QED) is 0.308. The summed E-state index contributed by atoms with van der Waals surface area (Å²) in [6.07, 6.45) is 0. The Labute approximate surface area is 246 Å². The van der Waals surface area contributed by atoms with E-state index >= 15 is 0 Å². The van der Waals surface area contributed by atoms with Crippen molar-refractivity contribution in [2.45, 2.75) is 45.2 Å². The zero-order chi connectivity index (χ0) is 30.3. The molecule has 1 N–H and O–H groups in total. The molecule has 3 aromatic carbocycles. The summed E-state index contributed by atoms with van der Waals surface area (Å²) in [6, 6.07) is 15.3. The zero-order valence-corrected chi connectivity index (χ0v) is 25.3. The maximum Gasteiger partial charge on any atom is 0.264 e. The number of rotatable bonds is 12. The molecule has 0 aliphatic carbocycles. The maximum absolute atomic E-state index is 13.9. The molecule has 3 rings (SSSR count). The molecular formula is C30H35ClFN3O5S. The number of hydrogen-bond acceptors (Lipinski definition) is 5. The first-order valence-electron chi connectivity index (χ1n) is 13.1. The van der Waals surface area contributed by atoms with Crippen molar-refractivity contribution in [2.24, 2.45) is 5.92 Å². The van der Waals surface area contributed by atoms with Gasteiger partial charge in [0.25, 0.3) is 10.0 Å². The van der Waals surface area contributed by atoms with Crippen LogP contribution in [0.15, 0.2) is 71.6 Å². The molecule has 0 heterocycles. The normalized spacial score (nSPS) is 12.1. The van der Waals surface area contributed by atoms with Crippen LogP contribution in [-0.2, 0) is 26.2 Å². The first-order valence-corrected chi connectivity index (χ1v) is 14.9. The van der Waals surface area contributed by atoms with Crippen molar-refractivity contribution >= 4 is 39.1 Å². The first kappa shape index (κ1) is 31.9. The van der Waals surface area contributed by atoms with E-state index in [1.807, 2.05) is 20.8 Å². The molecule has 0 aliphatic heterocycles. The van der Waals surface area contributed by atoms with Crippen LogP contribution in [0.2, 0.25) is 5.02 Å². The molecule has 0 radical (unpaired) electrons. The number of amides is 2. The van der Waals surface area contributed by atoms with Gasteiger partial charge in [-0.05, 0) is 67.8 Å². The topological polar surface area (TPSA) is 96.0 Å². The predicted molar refractivity (Wildman–Crippen MR) is 158 cm³/mol. The van der Waals surface area contributed by atoms with Gasteiger partial charge in [0.2, 0.25) is 11.8 Å². The van der Waals surface area contributed by atoms with Crippen LogP contribution in [0.1, 0.15) is 31.9 Å². The summed E-state index contributed by atoms with van der Waals surface area (Å²) in [5.41, 5.74) is 1.58. The third kappa shape index (κ3) is 8.20. The van der Waals surface area contributed by atoms with Crippen LogP contribution in [-0.4, -0.2) is 51.4 Å². The van der Waals surface area contributed by atoms with Crippen molar-refractivity contribution in [2.75, 3.05) is 24.5 Å². The lowest BCUT2D eigenvalue weighted by molar-refractivity contribution is -0.139. The number of nitrogens with one attached hydrogen (secondary N) is 1. The smallest absolute Gasteiger partial charge is 0.264 e. The van der Waals surface area contributed by atoms with Gasteiger partial charge < -0.3 is 15.0 Å². The largest absolute Gasteiger partial charge is 0.495 e. The lowest BCUT2D eigenvalue weighted by atomic mass is 10.1. The van der Waals surface area contributed by atoms with Crippen LogP contribution in [0.25, 0.3) is 0 Å². The summed E-state index contributed by atoms with van der Waals surface area (Å²) in [7, 11) is -2.81. The third-order valence-electron chi connectivity index (χ3n) is 6.43. The Morgan fingerprint density at radius 3 is 2.20 bits per heavy atom. The van der Waals surface area contributed by atoms with Crippen LogP contribution >= 0.6 is 11.6 Å². The van der Waals surface area contributed by atoms with E-state index in [2.05, 4.69) is 5.32 Å². The van der Waals surface area contributed by atoms with E-state index in [1.165, 1.54) is 66.6 Å². The Morgan fingerprint density at radius 1 is 1.00 bits per heavy atom. The SMILES string of the molecule is COc1ccc(N(CC(=O)N(Cc2ccc(F)cc2)[C@@H](C)C(=O)NCC(C)C)S(=O)(=O)c2ccc(C)cc2)cc1Cl. The minimum atomic E-state index is -4.25. The monoisotopic (exact) mass is 603 g/mol. The number of carbonyl (C=O) groups is 2. The number of hydrogen-bond donors (Lipinski definition) is 1. The second kappa shape index (κ2) is 13.8. The minimum absolute atomic E-state index is 0.0179. The van der Waals surface area contributed by atoms with E-state index in [0.29, 0.717) is 17.9 Å². The molecule has 41 heavy (non-hydrogen) atoms. The lowest BCUT2D eigenvalue weighted by Crippen LogP contribution is -2.51. The van der Waals surface area contributed by atoms with Crippen LogP contribution < -0.4 is 14.4 Å². The lowest BCUT2D eigenvalue weighted by Gasteiger charge is -2.32. The number of carbonyl (C=O) groups excluding carboxylic acids is 2. The Kier molecular flexibility index (Phi) is 10.8.